The van der Waals surface area contributed by atoms with E-state index in [4.69, 9.17) is 5.73 Å². The van der Waals surface area contributed by atoms with Gasteiger partial charge in [-0.2, -0.15) is 5.10 Å². The number of rotatable bonds is 1. The summed E-state index contributed by atoms with van der Waals surface area (Å²) in [6.45, 7) is 2.74. The fourth-order valence-electron chi connectivity index (χ4n) is 1.83. The third-order valence-corrected chi connectivity index (χ3v) is 2.67. The zero-order valence-corrected chi connectivity index (χ0v) is 8.73. The summed E-state index contributed by atoms with van der Waals surface area (Å²) in [7, 11) is 3.89. The molecule has 2 heterocycles. The van der Waals surface area contributed by atoms with E-state index in [1.165, 1.54) is 5.56 Å². The van der Waals surface area contributed by atoms with Gasteiger partial charge in [0.25, 0.3) is 0 Å². The predicted octanol–water partition coefficient (Wildman–Crippen LogP) is 0.0297. The largest absolute Gasteiger partial charge is 0.370 e. The van der Waals surface area contributed by atoms with Crippen LogP contribution in [0.25, 0.3) is 0 Å². The Labute approximate surface area is 83.2 Å². The molecule has 0 saturated carbocycles. The third kappa shape index (κ3) is 1.25. The van der Waals surface area contributed by atoms with Gasteiger partial charge in [0.1, 0.15) is 0 Å². The van der Waals surface area contributed by atoms with Crippen LogP contribution >= 0.6 is 0 Å². The first-order valence-electron chi connectivity index (χ1n) is 4.62. The molecule has 2 rings (SSSR count). The van der Waals surface area contributed by atoms with E-state index in [2.05, 4.69) is 10.1 Å². The number of likely N-dealkylation sites (N-methyl/N-ethyl adjacent to an activating group) is 1. The zero-order chi connectivity index (χ0) is 10.3. The third-order valence-electron chi connectivity index (χ3n) is 2.67. The predicted molar refractivity (Wildman–Crippen MR) is 54.9 cm³/mol. The van der Waals surface area contributed by atoms with Gasteiger partial charge in [0.2, 0.25) is 0 Å². The first kappa shape index (κ1) is 9.05. The Balaban J connectivity index is 2.29. The standard InChI is InChI=1S/C9H15N5/c1-6-7(5-13(2)12-6)8-4-11-9(10)14(8)3/h5,8H,4H2,1-3H3,(H2,10,11). The minimum absolute atomic E-state index is 0.253. The number of aliphatic imine (C=N–C) groups is 1. The summed E-state index contributed by atoms with van der Waals surface area (Å²) >= 11 is 0. The van der Waals surface area contributed by atoms with Crippen molar-refractivity contribution in [3.63, 3.8) is 0 Å². The summed E-state index contributed by atoms with van der Waals surface area (Å²) in [6.07, 6.45) is 2.03. The van der Waals surface area contributed by atoms with Crippen LogP contribution in [0.1, 0.15) is 17.3 Å². The van der Waals surface area contributed by atoms with Crippen LogP contribution in [0.3, 0.4) is 0 Å². The second kappa shape index (κ2) is 3.01. The highest BCUT2D eigenvalue weighted by Gasteiger charge is 2.26. The minimum atomic E-state index is 0.253. The van der Waals surface area contributed by atoms with E-state index in [0.29, 0.717) is 5.96 Å². The summed E-state index contributed by atoms with van der Waals surface area (Å²) in [5.41, 5.74) is 7.97. The van der Waals surface area contributed by atoms with Crippen LogP contribution in [-0.4, -0.2) is 34.2 Å². The molecule has 0 radical (unpaired) electrons. The highest BCUT2D eigenvalue weighted by atomic mass is 15.3. The monoisotopic (exact) mass is 193 g/mol. The molecule has 76 valence electrons. The van der Waals surface area contributed by atoms with Crippen LogP contribution in [0.4, 0.5) is 0 Å². The minimum Gasteiger partial charge on any atom is -0.370 e. The van der Waals surface area contributed by atoms with E-state index in [0.717, 1.165) is 12.2 Å². The SMILES string of the molecule is Cc1nn(C)cc1C1CN=C(N)N1C. The molecule has 0 aliphatic carbocycles. The Morgan fingerprint density at radius 1 is 1.50 bits per heavy atom. The molecule has 1 atom stereocenters. The lowest BCUT2D eigenvalue weighted by Crippen LogP contribution is -2.32. The smallest absolute Gasteiger partial charge is 0.191 e. The van der Waals surface area contributed by atoms with Crippen molar-refractivity contribution in [1.82, 2.24) is 14.7 Å². The maximum Gasteiger partial charge on any atom is 0.191 e. The lowest BCUT2D eigenvalue weighted by Gasteiger charge is -2.20. The molecule has 14 heavy (non-hydrogen) atoms. The lowest BCUT2D eigenvalue weighted by molar-refractivity contribution is 0.412. The van der Waals surface area contributed by atoms with Gasteiger partial charge < -0.3 is 10.6 Å². The normalized spacial score (nSPS) is 21.5. The number of nitrogens with zero attached hydrogens (tertiary/aromatic N) is 4. The van der Waals surface area contributed by atoms with Crippen molar-refractivity contribution in [2.45, 2.75) is 13.0 Å². The van der Waals surface area contributed by atoms with E-state index >= 15 is 0 Å². The van der Waals surface area contributed by atoms with Gasteiger partial charge in [-0.25, -0.2) is 0 Å². The number of aromatic nitrogens is 2. The van der Waals surface area contributed by atoms with E-state index in [1.54, 1.807) is 0 Å². The molecule has 5 nitrogen and oxygen atoms in total. The first-order valence-corrected chi connectivity index (χ1v) is 4.62. The second-order valence-electron chi connectivity index (χ2n) is 3.67. The number of guanidine groups is 1. The van der Waals surface area contributed by atoms with Crippen LogP contribution in [0.5, 0.6) is 0 Å². The van der Waals surface area contributed by atoms with Gasteiger partial charge in [0, 0.05) is 25.9 Å². The van der Waals surface area contributed by atoms with Crippen molar-refractivity contribution in [3.8, 4) is 0 Å². The van der Waals surface area contributed by atoms with Gasteiger partial charge in [0.05, 0.1) is 18.3 Å². The molecule has 0 amide bonds. The molecule has 5 heteroatoms. The molecule has 1 aliphatic rings. The Bertz CT molecular complexity index is 379. The number of hydrogen-bond donors (Lipinski definition) is 1. The van der Waals surface area contributed by atoms with Gasteiger partial charge in [-0.3, -0.25) is 9.67 Å². The van der Waals surface area contributed by atoms with Crippen molar-refractivity contribution in [1.29, 1.82) is 0 Å². The maximum atomic E-state index is 5.71. The Morgan fingerprint density at radius 3 is 2.64 bits per heavy atom. The average molecular weight is 193 g/mol. The van der Waals surface area contributed by atoms with E-state index in [1.807, 2.05) is 36.8 Å². The maximum absolute atomic E-state index is 5.71. The van der Waals surface area contributed by atoms with Gasteiger partial charge in [-0.05, 0) is 6.92 Å². The van der Waals surface area contributed by atoms with Gasteiger partial charge >= 0.3 is 0 Å². The summed E-state index contributed by atoms with van der Waals surface area (Å²) in [4.78, 5) is 6.20. The molecular formula is C9H15N5. The quantitative estimate of drug-likeness (QED) is 0.684. The molecule has 1 aliphatic heterocycles. The topological polar surface area (TPSA) is 59.4 Å². The number of hydrogen-bond acceptors (Lipinski definition) is 4. The van der Waals surface area contributed by atoms with E-state index in [9.17, 15) is 0 Å². The molecule has 1 unspecified atom stereocenters. The summed E-state index contributed by atoms with van der Waals surface area (Å²) in [5.74, 6) is 0.609. The van der Waals surface area contributed by atoms with Crippen LogP contribution in [-0.2, 0) is 7.05 Å². The number of aryl methyl sites for hydroxylation is 2. The van der Waals surface area contributed by atoms with Crippen LogP contribution in [0.2, 0.25) is 0 Å². The highest BCUT2D eigenvalue weighted by molar-refractivity contribution is 5.80. The molecule has 0 fully saturated rings. The van der Waals surface area contributed by atoms with E-state index in [-0.39, 0.29) is 6.04 Å². The molecule has 1 aromatic heterocycles. The van der Waals surface area contributed by atoms with Crippen molar-refractivity contribution in [2.75, 3.05) is 13.6 Å². The molecule has 0 aromatic carbocycles. The molecule has 0 saturated heterocycles. The van der Waals surface area contributed by atoms with Crippen LogP contribution in [0, 0.1) is 6.92 Å². The summed E-state index contributed by atoms with van der Waals surface area (Å²) in [5, 5.41) is 4.31. The van der Waals surface area contributed by atoms with Gasteiger partial charge in [-0.1, -0.05) is 0 Å². The van der Waals surface area contributed by atoms with Crippen molar-refractivity contribution in [2.24, 2.45) is 17.8 Å². The molecule has 1 aromatic rings. The van der Waals surface area contributed by atoms with Crippen LogP contribution < -0.4 is 5.73 Å². The summed E-state index contributed by atoms with van der Waals surface area (Å²) < 4.78 is 1.83. The Kier molecular flexibility index (Phi) is 1.94. The second-order valence-corrected chi connectivity index (χ2v) is 3.67. The summed E-state index contributed by atoms with van der Waals surface area (Å²) in [6, 6.07) is 0.253. The zero-order valence-electron chi connectivity index (χ0n) is 8.73. The number of nitrogens with two attached hydrogens (primary N) is 1. The molecular weight excluding hydrogens is 178 g/mol. The van der Waals surface area contributed by atoms with E-state index < -0.39 is 0 Å². The molecule has 0 bridgehead atoms. The first-order chi connectivity index (χ1) is 6.59. The fourth-order valence-corrected chi connectivity index (χ4v) is 1.83. The van der Waals surface area contributed by atoms with Crippen molar-refractivity contribution < 1.29 is 0 Å². The fraction of sp³-hybridized carbons (Fsp3) is 0.556. The van der Waals surface area contributed by atoms with Crippen molar-refractivity contribution in [3.05, 3.63) is 17.5 Å². The van der Waals surface area contributed by atoms with Gasteiger partial charge in [-0.15, -0.1) is 0 Å². The van der Waals surface area contributed by atoms with Crippen molar-refractivity contribution >= 4 is 5.96 Å². The average Bonchev–Trinajstić information content (AvgIpc) is 2.59. The van der Waals surface area contributed by atoms with Crippen LogP contribution in [0.15, 0.2) is 11.2 Å². The Morgan fingerprint density at radius 2 is 2.21 bits per heavy atom. The molecule has 2 N–H and O–H groups in total. The Hall–Kier alpha value is -1.52. The lowest BCUT2D eigenvalue weighted by atomic mass is 10.1. The molecule has 0 spiro atoms. The van der Waals surface area contributed by atoms with Gasteiger partial charge in [0.15, 0.2) is 5.96 Å². The highest BCUT2D eigenvalue weighted by Crippen LogP contribution is 2.25.